The van der Waals surface area contributed by atoms with Gasteiger partial charge in [0.15, 0.2) is 0 Å². The van der Waals surface area contributed by atoms with Crippen LogP contribution in [0.4, 0.5) is 0 Å². The van der Waals surface area contributed by atoms with Gasteiger partial charge in [-0.25, -0.2) is 0 Å². The van der Waals surface area contributed by atoms with E-state index in [4.69, 9.17) is 4.74 Å². The summed E-state index contributed by atoms with van der Waals surface area (Å²) in [5.41, 5.74) is 0.507. The average molecular weight is 169 g/mol. The predicted molar refractivity (Wildman–Crippen MR) is 49.2 cm³/mol. The van der Waals surface area contributed by atoms with Crippen molar-refractivity contribution in [2.24, 2.45) is 5.41 Å². The lowest BCUT2D eigenvalue weighted by molar-refractivity contribution is -0.0277. The SMILES string of the molecule is CNC1CCOCC12CCCC2. The first-order valence-electron chi connectivity index (χ1n) is 5.12. The van der Waals surface area contributed by atoms with E-state index in [0.29, 0.717) is 11.5 Å². The second-order valence-electron chi connectivity index (χ2n) is 4.25. The Morgan fingerprint density at radius 3 is 2.75 bits per heavy atom. The molecule has 0 aromatic heterocycles. The van der Waals surface area contributed by atoms with E-state index in [9.17, 15) is 0 Å². The van der Waals surface area contributed by atoms with E-state index in [1.54, 1.807) is 0 Å². The van der Waals surface area contributed by atoms with Gasteiger partial charge < -0.3 is 10.1 Å². The molecule has 0 aromatic carbocycles. The van der Waals surface area contributed by atoms with Crippen molar-refractivity contribution >= 4 is 0 Å². The maximum atomic E-state index is 5.60. The van der Waals surface area contributed by atoms with Crippen molar-refractivity contribution in [1.29, 1.82) is 0 Å². The van der Waals surface area contributed by atoms with Crippen LogP contribution < -0.4 is 5.32 Å². The number of ether oxygens (including phenoxy) is 1. The van der Waals surface area contributed by atoms with E-state index in [1.165, 1.54) is 32.1 Å². The predicted octanol–water partition coefficient (Wildman–Crippen LogP) is 1.56. The monoisotopic (exact) mass is 169 g/mol. The lowest BCUT2D eigenvalue weighted by Gasteiger charge is -2.41. The van der Waals surface area contributed by atoms with Crippen LogP contribution >= 0.6 is 0 Å². The molecule has 0 aromatic rings. The van der Waals surface area contributed by atoms with Gasteiger partial charge in [0.25, 0.3) is 0 Å². The van der Waals surface area contributed by atoms with Gasteiger partial charge >= 0.3 is 0 Å². The molecule has 1 N–H and O–H groups in total. The summed E-state index contributed by atoms with van der Waals surface area (Å²) >= 11 is 0. The molecule has 0 amide bonds. The Morgan fingerprint density at radius 2 is 2.08 bits per heavy atom. The Labute approximate surface area is 74.7 Å². The molecule has 2 heteroatoms. The first-order chi connectivity index (χ1) is 5.87. The summed E-state index contributed by atoms with van der Waals surface area (Å²) in [5.74, 6) is 0. The fraction of sp³-hybridized carbons (Fsp3) is 1.00. The van der Waals surface area contributed by atoms with Gasteiger partial charge in [-0.05, 0) is 26.3 Å². The zero-order valence-electron chi connectivity index (χ0n) is 7.94. The van der Waals surface area contributed by atoms with E-state index in [-0.39, 0.29) is 0 Å². The van der Waals surface area contributed by atoms with E-state index >= 15 is 0 Å². The van der Waals surface area contributed by atoms with Crippen LogP contribution in [0.2, 0.25) is 0 Å². The maximum absolute atomic E-state index is 5.60. The molecule has 70 valence electrons. The Morgan fingerprint density at radius 1 is 1.33 bits per heavy atom. The van der Waals surface area contributed by atoms with Crippen molar-refractivity contribution in [3.05, 3.63) is 0 Å². The van der Waals surface area contributed by atoms with Crippen LogP contribution in [0, 0.1) is 5.41 Å². The minimum atomic E-state index is 0.507. The summed E-state index contributed by atoms with van der Waals surface area (Å²) in [4.78, 5) is 0. The topological polar surface area (TPSA) is 21.3 Å². The van der Waals surface area contributed by atoms with Crippen molar-refractivity contribution in [1.82, 2.24) is 5.32 Å². The van der Waals surface area contributed by atoms with Gasteiger partial charge in [0.2, 0.25) is 0 Å². The average Bonchev–Trinajstić information content (AvgIpc) is 2.55. The third-order valence-electron chi connectivity index (χ3n) is 3.63. The first kappa shape index (κ1) is 8.52. The van der Waals surface area contributed by atoms with E-state index in [0.717, 1.165) is 13.2 Å². The Bertz CT molecular complexity index is 152. The summed E-state index contributed by atoms with van der Waals surface area (Å²) in [6, 6.07) is 0.716. The number of nitrogens with one attached hydrogen (secondary N) is 1. The zero-order valence-corrected chi connectivity index (χ0v) is 7.94. The summed E-state index contributed by atoms with van der Waals surface area (Å²) in [7, 11) is 2.09. The molecule has 1 atom stereocenters. The van der Waals surface area contributed by atoms with Crippen LogP contribution in [0.3, 0.4) is 0 Å². The van der Waals surface area contributed by atoms with E-state index < -0.39 is 0 Å². The van der Waals surface area contributed by atoms with Gasteiger partial charge in [0.1, 0.15) is 0 Å². The van der Waals surface area contributed by atoms with Gasteiger partial charge in [-0.15, -0.1) is 0 Å². The molecule has 1 unspecified atom stereocenters. The molecule has 2 nitrogen and oxygen atoms in total. The Kier molecular flexibility index (Phi) is 2.37. The number of rotatable bonds is 1. The normalized spacial score (nSPS) is 34.2. The highest BCUT2D eigenvalue weighted by Gasteiger charge is 2.42. The summed E-state index contributed by atoms with van der Waals surface area (Å²) in [6.07, 6.45) is 6.76. The third-order valence-corrected chi connectivity index (χ3v) is 3.63. The fourth-order valence-corrected chi connectivity index (χ4v) is 2.91. The fourth-order valence-electron chi connectivity index (χ4n) is 2.91. The molecule has 1 saturated carbocycles. The van der Waals surface area contributed by atoms with Gasteiger partial charge in [0, 0.05) is 18.1 Å². The largest absolute Gasteiger partial charge is 0.381 e. The van der Waals surface area contributed by atoms with Crippen molar-refractivity contribution in [3.63, 3.8) is 0 Å². The van der Waals surface area contributed by atoms with Gasteiger partial charge in [-0.2, -0.15) is 0 Å². The number of hydrogen-bond donors (Lipinski definition) is 1. The molecular formula is C10H19NO. The second-order valence-corrected chi connectivity index (χ2v) is 4.25. The lowest BCUT2D eigenvalue weighted by atomic mass is 9.76. The van der Waals surface area contributed by atoms with Crippen molar-refractivity contribution in [2.45, 2.75) is 38.1 Å². The summed E-state index contributed by atoms with van der Waals surface area (Å²) < 4.78 is 5.60. The first-order valence-corrected chi connectivity index (χ1v) is 5.12. The Balaban J connectivity index is 2.07. The molecule has 12 heavy (non-hydrogen) atoms. The second kappa shape index (κ2) is 3.35. The van der Waals surface area contributed by atoms with Crippen molar-refractivity contribution in [2.75, 3.05) is 20.3 Å². The molecule has 0 bridgehead atoms. The van der Waals surface area contributed by atoms with Crippen molar-refractivity contribution < 1.29 is 4.74 Å². The highest BCUT2D eigenvalue weighted by Crippen LogP contribution is 2.44. The lowest BCUT2D eigenvalue weighted by Crippen LogP contribution is -2.49. The van der Waals surface area contributed by atoms with Crippen LogP contribution in [-0.2, 0) is 4.74 Å². The summed E-state index contributed by atoms with van der Waals surface area (Å²) in [6.45, 7) is 1.95. The molecule has 1 spiro atoms. The zero-order chi connectivity index (χ0) is 8.44. The minimum Gasteiger partial charge on any atom is -0.381 e. The highest BCUT2D eigenvalue weighted by molar-refractivity contribution is 4.96. The molecule has 1 heterocycles. The van der Waals surface area contributed by atoms with Gasteiger partial charge in [0.05, 0.1) is 6.61 Å². The number of hydrogen-bond acceptors (Lipinski definition) is 2. The molecular weight excluding hydrogens is 150 g/mol. The van der Waals surface area contributed by atoms with Crippen LogP contribution in [0.5, 0.6) is 0 Å². The van der Waals surface area contributed by atoms with Crippen LogP contribution in [0.1, 0.15) is 32.1 Å². The molecule has 1 aliphatic heterocycles. The van der Waals surface area contributed by atoms with Crippen LogP contribution in [-0.4, -0.2) is 26.3 Å². The third kappa shape index (κ3) is 1.27. The highest BCUT2D eigenvalue weighted by atomic mass is 16.5. The minimum absolute atomic E-state index is 0.507. The summed E-state index contributed by atoms with van der Waals surface area (Å²) in [5, 5.41) is 3.46. The van der Waals surface area contributed by atoms with Gasteiger partial charge in [-0.1, -0.05) is 12.8 Å². The van der Waals surface area contributed by atoms with Crippen LogP contribution in [0.15, 0.2) is 0 Å². The molecule has 2 rings (SSSR count). The van der Waals surface area contributed by atoms with Gasteiger partial charge in [-0.3, -0.25) is 0 Å². The molecule has 1 aliphatic carbocycles. The quantitative estimate of drug-likeness (QED) is 0.643. The molecule has 2 aliphatic rings. The maximum Gasteiger partial charge on any atom is 0.0537 e. The smallest absolute Gasteiger partial charge is 0.0537 e. The van der Waals surface area contributed by atoms with Crippen molar-refractivity contribution in [3.8, 4) is 0 Å². The molecule has 2 fully saturated rings. The van der Waals surface area contributed by atoms with E-state index in [2.05, 4.69) is 12.4 Å². The molecule has 0 radical (unpaired) electrons. The molecule has 1 saturated heterocycles. The van der Waals surface area contributed by atoms with E-state index in [1.807, 2.05) is 0 Å². The Hall–Kier alpha value is -0.0800. The van der Waals surface area contributed by atoms with Crippen LogP contribution in [0.25, 0.3) is 0 Å². The standard InChI is InChI=1S/C10H19NO/c1-11-9-4-7-12-8-10(9)5-2-3-6-10/h9,11H,2-8H2,1H3.